The molecule has 0 aromatic heterocycles. The van der Waals surface area contributed by atoms with Gasteiger partial charge in [0.15, 0.2) is 0 Å². The number of nitro benzene ring substituents is 1. The Morgan fingerprint density at radius 2 is 1.93 bits per heavy atom. The molecule has 82 valence electrons. The highest BCUT2D eigenvalue weighted by atomic mass is 35.7. The summed E-state index contributed by atoms with van der Waals surface area (Å²) in [5.74, 6) is 0. The normalized spacial score (nSPS) is 11.4. The van der Waals surface area contributed by atoms with Gasteiger partial charge in [0.25, 0.3) is 14.7 Å². The Morgan fingerprint density at radius 1 is 1.40 bits per heavy atom. The minimum absolute atomic E-state index is 0.131. The second-order valence-corrected chi connectivity index (χ2v) is 5.71. The number of halogens is 2. The molecule has 1 aromatic carbocycles. The second kappa shape index (κ2) is 3.96. The molecule has 0 atom stereocenters. The van der Waals surface area contributed by atoms with Gasteiger partial charge in [-0.15, -0.1) is 0 Å². The van der Waals surface area contributed by atoms with Crippen molar-refractivity contribution in [1.82, 2.24) is 0 Å². The maximum Gasteiger partial charge on any atom is 0.273 e. The monoisotopic (exact) mass is 269 g/mol. The SMILES string of the molecule is Cc1cc(Cl)c(S(=O)(=O)Cl)cc1[N+](=O)[O-]. The lowest BCUT2D eigenvalue weighted by molar-refractivity contribution is -0.385. The standard InChI is InChI=1S/C7H5Cl2NO4S/c1-4-2-5(8)7(15(9,13)14)3-6(4)10(11)12/h2-3H,1H3. The Labute approximate surface area is 95.2 Å². The zero-order valence-electron chi connectivity index (χ0n) is 7.40. The van der Waals surface area contributed by atoms with Crippen molar-refractivity contribution in [2.45, 2.75) is 11.8 Å². The summed E-state index contributed by atoms with van der Waals surface area (Å²) >= 11 is 5.60. The Kier molecular flexibility index (Phi) is 3.22. The smallest absolute Gasteiger partial charge is 0.258 e. The van der Waals surface area contributed by atoms with Crippen LogP contribution < -0.4 is 0 Å². The summed E-state index contributed by atoms with van der Waals surface area (Å²) in [6.07, 6.45) is 0. The molecule has 0 N–H and O–H groups in total. The van der Waals surface area contributed by atoms with Crippen molar-refractivity contribution in [3.05, 3.63) is 32.8 Å². The third-order valence-corrected chi connectivity index (χ3v) is 3.50. The average molecular weight is 270 g/mol. The van der Waals surface area contributed by atoms with Crippen molar-refractivity contribution in [3.63, 3.8) is 0 Å². The summed E-state index contributed by atoms with van der Waals surface area (Å²) in [7, 11) is 0.988. The third kappa shape index (κ3) is 2.58. The van der Waals surface area contributed by atoms with Gasteiger partial charge in [-0.25, -0.2) is 8.42 Å². The molecular weight excluding hydrogens is 265 g/mol. The van der Waals surface area contributed by atoms with Crippen LogP contribution in [-0.4, -0.2) is 13.3 Å². The van der Waals surface area contributed by atoms with Gasteiger partial charge in [-0.05, 0) is 13.0 Å². The van der Waals surface area contributed by atoms with Crippen LogP contribution in [0.1, 0.15) is 5.56 Å². The van der Waals surface area contributed by atoms with Crippen molar-refractivity contribution in [1.29, 1.82) is 0 Å². The molecule has 1 aromatic rings. The van der Waals surface area contributed by atoms with Crippen LogP contribution >= 0.6 is 22.3 Å². The van der Waals surface area contributed by atoms with Crippen molar-refractivity contribution in [2.24, 2.45) is 0 Å². The molecule has 0 saturated heterocycles. The molecule has 1 rings (SSSR count). The fourth-order valence-electron chi connectivity index (χ4n) is 1.03. The van der Waals surface area contributed by atoms with E-state index in [1.165, 1.54) is 13.0 Å². The first-order valence-electron chi connectivity index (χ1n) is 3.62. The number of rotatable bonds is 2. The average Bonchev–Trinajstić information content (AvgIpc) is 2.00. The van der Waals surface area contributed by atoms with Crippen molar-refractivity contribution >= 4 is 37.0 Å². The molecule has 0 heterocycles. The predicted octanol–water partition coefficient (Wildman–Crippen LogP) is 2.48. The maximum atomic E-state index is 11.0. The van der Waals surface area contributed by atoms with E-state index < -0.39 is 18.9 Å². The van der Waals surface area contributed by atoms with E-state index >= 15 is 0 Å². The lowest BCUT2D eigenvalue weighted by Crippen LogP contribution is -1.97. The van der Waals surface area contributed by atoms with Gasteiger partial charge >= 0.3 is 0 Å². The van der Waals surface area contributed by atoms with E-state index in [0.29, 0.717) is 0 Å². The molecular formula is C7H5Cl2NO4S. The Morgan fingerprint density at radius 3 is 2.33 bits per heavy atom. The topological polar surface area (TPSA) is 77.3 Å². The first-order chi connectivity index (χ1) is 6.73. The van der Waals surface area contributed by atoms with Crippen LogP contribution in [0.4, 0.5) is 5.69 Å². The minimum atomic E-state index is -4.07. The first kappa shape index (κ1) is 12.2. The fraction of sp³-hybridized carbons (Fsp3) is 0.143. The molecule has 0 aliphatic rings. The van der Waals surface area contributed by atoms with Crippen LogP contribution in [0.2, 0.25) is 5.02 Å². The van der Waals surface area contributed by atoms with Crippen LogP contribution in [0.3, 0.4) is 0 Å². The zero-order chi connectivity index (χ0) is 11.8. The van der Waals surface area contributed by atoms with Crippen molar-refractivity contribution in [2.75, 3.05) is 0 Å². The molecule has 0 fully saturated rings. The Bertz CT molecular complexity index is 526. The quantitative estimate of drug-likeness (QED) is 0.470. The van der Waals surface area contributed by atoms with Crippen molar-refractivity contribution < 1.29 is 13.3 Å². The van der Waals surface area contributed by atoms with E-state index in [1.807, 2.05) is 0 Å². The van der Waals surface area contributed by atoms with Gasteiger partial charge in [-0.3, -0.25) is 10.1 Å². The molecule has 5 nitrogen and oxygen atoms in total. The number of aryl methyl sites for hydroxylation is 1. The lowest BCUT2D eigenvalue weighted by atomic mass is 10.2. The van der Waals surface area contributed by atoms with Gasteiger partial charge in [0.05, 0.1) is 9.95 Å². The van der Waals surface area contributed by atoms with Gasteiger partial charge in [-0.2, -0.15) is 0 Å². The van der Waals surface area contributed by atoms with Gasteiger partial charge in [0.2, 0.25) is 0 Å². The van der Waals surface area contributed by atoms with E-state index in [1.54, 1.807) is 0 Å². The van der Waals surface area contributed by atoms with Crippen LogP contribution in [0.5, 0.6) is 0 Å². The van der Waals surface area contributed by atoms with Crippen molar-refractivity contribution in [3.8, 4) is 0 Å². The summed E-state index contributed by atoms with van der Waals surface area (Å²) in [6, 6.07) is 2.04. The first-order valence-corrected chi connectivity index (χ1v) is 6.31. The van der Waals surface area contributed by atoms with E-state index in [-0.39, 0.29) is 16.3 Å². The molecule has 0 amide bonds. The molecule has 8 heteroatoms. The highest BCUT2D eigenvalue weighted by Gasteiger charge is 2.21. The number of nitro groups is 1. The maximum absolute atomic E-state index is 11.0. The molecule has 0 unspecified atom stereocenters. The van der Waals surface area contributed by atoms with Gasteiger partial charge in [0, 0.05) is 22.3 Å². The summed E-state index contributed by atoms with van der Waals surface area (Å²) < 4.78 is 22.0. The summed E-state index contributed by atoms with van der Waals surface area (Å²) in [6.45, 7) is 1.45. The molecule has 0 spiro atoms. The molecule has 0 bridgehead atoms. The van der Waals surface area contributed by atoms with E-state index in [2.05, 4.69) is 0 Å². The zero-order valence-corrected chi connectivity index (χ0v) is 9.73. The Hall–Kier alpha value is -0.850. The Balaban J connectivity index is 3.58. The van der Waals surface area contributed by atoms with Gasteiger partial charge in [-0.1, -0.05) is 11.6 Å². The van der Waals surface area contributed by atoms with E-state index in [9.17, 15) is 18.5 Å². The lowest BCUT2D eigenvalue weighted by Gasteiger charge is -2.02. The molecule has 15 heavy (non-hydrogen) atoms. The van der Waals surface area contributed by atoms with Gasteiger partial charge in [0.1, 0.15) is 4.90 Å². The number of nitrogens with zero attached hydrogens (tertiary/aromatic N) is 1. The van der Waals surface area contributed by atoms with E-state index in [0.717, 1.165) is 6.07 Å². The highest BCUT2D eigenvalue weighted by Crippen LogP contribution is 2.31. The second-order valence-electron chi connectivity index (χ2n) is 2.76. The number of hydrogen-bond acceptors (Lipinski definition) is 4. The predicted molar refractivity (Wildman–Crippen MR) is 55.9 cm³/mol. The molecule has 0 aliphatic carbocycles. The fourth-order valence-corrected chi connectivity index (χ4v) is 2.59. The van der Waals surface area contributed by atoms with Crippen LogP contribution in [0.15, 0.2) is 17.0 Å². The van der Waals surface area contributed by atoms with Gasteiger partial charge < -0.3 is 0 Å². The van der Waals surface area contributed by atoms with Crippen LogP contribution in [-0.2, 0) is 9.05 Å². The van der Waals surface area contributed by atoms with Crippen LogP contribution in [0.25, 0.3) is 0 Å². The number of hydrogen-bond donors (Lipinski definition) is 0. The largest absolute Gasteiger partial charge is 0.273 e. The summed E-state index contributed by atoms with van der Waals surface area (Å²) in [4.78, 5) is 9.38. The number of benzene rings is 1. The third-order valence-electron chi connectivity index (χ3n) is 1.71. The summed E-state index contributed by atoms with van der Waals surface area (Å²) in [5, 5.41) is 10.4. The van der Waals surface area contributed by atoms with Crippen LogP contribution in [0, 0.1) is 17.0 Å². The molecule has 0 saturated carbocycles. The highest BCUT2D eigenvalue weighted by molar-refractivity contribution is 8.13. The van der Waals surface area contributed by atoms with E-state index in [4.69, 9.17) is 22.3 Å². The molecule has 0 radical (unpaired) electrons. The molecule has 0 aliphatic heterocycles. The summed E-state index contributed by atoms with van der Waals surface area (Å²) in [5.41, 5.74) is -0.0623. The minimum Gasteiger partial charge on any atom is -0.258 e.